The normalized spacial score (nSPS) is 18.6. The van der Waals surface area contributed by atoms with E-state index in [2.05, 4.69) is 17.2 Å². The van der Waals surface area contributed by atoms with E-state index in [1.54, 1.807) is 23.2 Å². The predicted molar refractivity (Wildman–Crippen MR) is 118 cm³/mol. The lowest BCUT2D eigenvalue weighted by atomic mass is 9.96. The number of hydrogen-bond acceptors (Lipinski definition) is 5. The van der Waals surface area contributed by atoms with Crippen molar-refractivity contribution < 1.29 is 0 Å². The molecule has 0 aliphatic carbocycles. The van der Waals surface area contributed by atoms with E-state index in [9.17, 15) is 10.5 Å². The van der Waals surface area contributed by atoms with Crippen LogP contribution in [0.3, 0.4) is 0 Å². The number of aromatic nitrogens is 1. The zero-order valence-corrected chi connectivity index (χ0v) is 16.6. The molecule has 1 aliphatic heterocycles. The fourth-order valence-corrected chi connectivity index (χ4v) is 3.50. The molecular weight excluding hydrogens is 396 g/mol. The number of hydrogen-bond donors (Lipinski definition) is 1. The van der Waals surface area contributed by atoms with Gasteiger partial charge in [-0.2, -0.15) is 15.6 Å². The lowest BCUT2D eigenvalue weighted by molar-refractivity contribution is 0.624. The summed E-state index contributed by atoms with van der Waals surface area (Å²) in [6, 6.07) is 24.9. The zero-order valence-electron chi connectivity index (χ0n) is 15.9. The highest BCUT2D eigenvalue weighted by atomic mass is 35.5. The largest absolute Gasteiger partial charge is 0.317 e. The number of hydrazone groups is 1. The fourth-order valence-electron chi connectivity index (χ4n) is 3.38. The Kier molecular flexibility index (Phi) is 5.36. The van der Waals surface area contributed by atoms with E-state index in [-0.39, 0.29) is 0 Å². The standard InChI is InChI=1S/C23H17ClN6/c24-17-8-10-18(11-9-17)29-12-4-7-20(29)13-16(14-25)22-21(15-26)23(27)30(28-22)19-5-2-1-3-6-19/h1-13,21,23H,27H2/b16-13-/t21-,23-/m0/s1. The van der Waals surface area contributed by atoms with Gasteiger partial charge in [0.15, 0.2) is 0 Å². The van der Waals surface area contributed by atoms with E-state index in [0.717, 1.165) is 17.1 Å². The summed E-state index contributed by atoms with van der Waals surface area (Å²) in [4.78, 5) is 0. The van der Waals surface area contributed by atoms with Crippen LogP contribution in [0.4, 0.5) is 5.69 Å². The van der Waals surface area contributed by atoms with Crippen molar-refractivity contribution in [2.24, 2.45) is 16.8 Å². The van der Waals surface area contributed by atoms with Gasteiger partial charge in [0.1, 0.15) is 18.2 Å². The van der Waals surface area contributed by atoms with E-state index in [4.69, 9.17) is 17.3 Å². The average Bonchev–Trinajstić information content (AvgIpc) is 3.37. The first-order valence-electron chi connectivity index (χ1n) is 9.26. The van der Waals surface area contributed by atoms with E-state index in [1.807, 2.05) is 65.4 Å². The van der Waals surface area contributed by atoms with Crippen LogP contribution in [0.25, 0.3) is 11.8 Å². The molecule has 146 valence electrons. The summed E-state index contributed by atoms with van der Waals surface area (Å²) in [6.45, 7) is 0. The number of nitriles is 2. The molecule has 4 rings (SSSR count). The van der Waals surface area contributed by atoms with E-state index in [0.29, 0.717) is 16.3 Å². The summed E-state index contributed by atoms with van der Waals surface area (Å²) >= 11 is 5.99. The third-order valence-corrected chi connectivity index (χ3v) is 5.12. The van der Waals surface area contributed by atoms with Crippen LogP contribution in [-0.2, 0) is 0 Å². The van der Waals surface area contributed by atoms with Crippen LogP contribution < -0.4 is 10.7 Å². The van der Waals surface area contributed by atoms with Crippen molar-refractivity contribution in [3.8, 4) is 17.8 Å². The molecule has 0 fully saturated rings. The minimum Gasteiger partial charge on any atom is -0.317 e. The van der Waals surface area contributed by atoms with Crippen molar-refractivity contribution in [3.63, 3.8) is 0 Å². The maximum Gasteiger partial charge on any atom is 0.127 e. The van der Waals surface area contributed by atoms with E-state index >= 15 is 0 Å². The van der Waals surface area contributed by atoms with Gasteiger partial charge in [-0.15, -0.1) is 0 Å². The number of halogens is 1. The molecule has 0 saturated carbocycles. The van der Waals surface area contributed by atoms with Crippen molar-refractivity contribution in [2.75, 3.05) is 5.01 Å². The van der Waals surface area contributed by atoms with Crippen LogP contribution in [0.5, 0.6) is 0 Å². The molecule has 2 N–H and O–H groups in total. The highest BCUT2D eigenvalue weighted by Crippen LogP contribution is 2.29. The van der Waals surface area contributed by atoms with Gasteiger partial charge in [-0.05, 0) is 54.6 Å². The maximum atomic E-state index is 9.84. The van der Waals surface area contributed by atoms with Gasteiger partial charge in [0.25, 0.3) is 0 Å². The Morgan fingerprint density at radius 1 is 1.00 bits per heavy atom. The molecule has 30 heavy (non-hydrogen) atoms. The Hall–Kier alpha value is -3.84. The molecule has 6 nitrogen and oxygen atoms in total. The van der Waals surface area contributed by atoms with Crippen molar-refractivity contribution >= 4 is 29.1 Å². The molecule has 7 heteroatoms. The Labute approximate surface area is 179 Å². The topological polar surface area (TPSA) is 94.1 Å². The SMILES string of the molecule is N#C/C(=C/c1cccn1-c1ccc(Cl)cc1)C1=NN(c2ccccc2)[C@H](N)[C@H]1C#N. The van der Waals surface area contributed by atoms with Crippen LogP contribution in [-0.4, -0.2) is 16.4 Å². The number of para-hydroxylation sites is 1. The number of allylic oxidation sites excluding steroid dienone is 1. The number of nitrogens with zero attached hydrogens (tertiary/aromatic N) is 5. The smallest absolute Gasteiger partial charge is 0.127 e. The predicted octanol–water partition coefficient (Wildman–Crippen LogP) is 4.34. The second-order valence-electron chi connectivity index (χ2n) is 6.71. The summed E-state index contributed by atoms with van der Waals surface area (Å²) in [7, 11) is 0. The molecule has 2 heterocycles. The second-order valence-corrected chi connectivity index (χ2v) is 7.15. The van der Waals surface area contributed by atoms with Gasteiger partial charge in [-0.1, -0.05) is 29.8 Å². The average molecular weight is 413 g/mol. The summed E-state index contributed by atoms with van der Waals surface area (Å²) < 4.78 is 1.93. The van der Waals surface area contributed by atoms with E-state index in [1.165, 1.54) is 0 Å². The van der Waals surface area contributed by atoms with E-state index < -0.39 is 12.1 Å². The van der Waals surface area contributed by atoms with Crippen LogP contribution in [0.2, 0.25) is 5.02 Å². The van der Waals surface area contributed by atoms with Crippen LogP contribution in [0.1, 0.15) is 5.69 Å². The molecule has 1 aliphatic rings. The molecular formula is C23H17ClN6. The van der Waals surface area contributed by atoms with Gasteiger partial charge < -0.3 is 10.3 Å². The zero-order chi connectivity index (χ0) is 21.1. The minimum atomic E-state index is -0.727. The third-order valence-electron chi connectivity index (χ3n) is 4.87. The summed E-state index contributed by atoms with van der Waals surface area (Å²) in [5.74, 6) is -0.727. The van der Waals surface area contributed by atoms with Crippen molar-refractivity contribution in [1.29, 1.82) is 10.5 Å². The number of benzene rings is 2. The van der Waals surface area contributed by atoms with Gasteiger partial charge in [0, 0.05) is 22.6 Å². The lowest BCUT2D eigenvalue weighted by Crippen LogP contribution is -2.40. The maximum absolute atomic E-state index is 9.84. The van der Waals surface area contributed by atoms with Crippen LogP contribution >= 0.6 is 11.6 Å². The molecule has 1 aromatic heterocycles. The first-order valence-corrected chi connectivity index (χ1v) is 9.63. The first kappa shape index (κ1) is 19.5. The Bertz CT molecular complexity index is 1190. The third kappa shape index (κ3) is 3.58. The number of nitrogens with two attached hydrogens (primary N) is 1. The van der Waals surface area contributed by atoms with Gasteiger partial charge in [-0.25, -0.2) is 5.01 Å². The van der Waals surface area contributed by atoms with Gasteiger partial charge in [0.2, 0.25) is 0 Å². The Morgan fingerprint density at radius 2 is 1.73 bits per heavy atom. The number of rotatable bonds is 4. The molecule has 0 bridgehead atoms. The van der Waals surface area contributed by atoms with Crippen LogP contribution in [0.15, 0.2) is 83.6 Å². The second kappa shape index (κ2) is 8.26. The lowest BCUT2D eigenvalue weighted by Gasteiger charge is -2.21. The molecule has 2 aromatic carbocycles. The first-order chi connectivity index (χ1) is 14.6. The fraction of sp³-hybridized carbons (Fsp3) is 0.0870. The van der Waals surface area contributed by atoms with Crippen LogP contribution in [0, 0.1) is 28.6 Å². The number of anilines is 1. The summed E-state index contributed by atoms with van der Waals surface area (Å²) in [5.41, 5.74) is 9.40. The highest BCUT2D eigenvalue weighted by Gasteiger charge is 2.37. The van der Waals surface area contributed by atoms with Gasteiger partial charge >= 0.3 is 0 Å². The molecule has 0 unspecified atom stereocenters. The Balaban J connectivity index is 1.75. The monoisotopic (exact) mass is 412 g/mol. The molecule has 3 aromatic rings. The summed E-state index contributed by atoms with van der Waals surface area (Å²) in [5, 5.41) is 26.3. The molecule has 0 spiro atoms. The molecule has 0 saturated heterocycles. The highest BCUT2D eigenvalue weighted by molar-refractivity contribution is 6.30. The van der Waals surface area contributed by atoms with Crippen molar-refractivity contribution in [3.05, 3.63) is 89.2 Å². The van der Waals surface area contributed by atoms with Crippen molar-refractivity contribution in [1.82, 2.24) is 4.57 Å². The van der Waals surface area contributed by atoms with Crippen molar-refractivity contribution in [2.45, 2.75) is 6.17 Å². The minimum absolute atomic E-state index is 0.296. The quantitative estimate of drug-likeness (QED) is 0.645. The molecule has 0 amide bonds. The van der Waals surface area contributed by atoms with Gasteiger partial charge in [-0.3, -0.25) is 0 Å². The molecule has 0 radical (unpaired) electrons. The molecule has 2 atom stereocenters. The summed E-state index contributed by atoms with van der Waals surface area (Å²) in [6.07, 6.45) is 2.94. The van der Waals surface area contributed by atoms with Gasteiger partial charge in [0.05, 0.1) is 23.0 Å². The Morgan fingerprint density at radius 3 is 2.40 bits per heavy atom.